The van der Waals surface area contributed by atoms with Crippen LogP contribution >= 0.6 is 0 Å². The highest BCUT2D eigenvalue weighted by molar-refractivity contribution is 7.86. The SMILES string of the molecule is Cc1ccc(S(=O)(=O)OC2CC(N)C2)cc1. The Morgan fingerprint density at radius 1 is 1.25 bits per heavy atom. The summed E-state index contributed by atoms with van der Waals surface area (Å²) in [6.45, 7) is 1.90. The van der Waals surface area contributed by atoms with Crippen molar-refractivity contribution in [3.05, 3.63) is 29.8 Å². The molecule has 1 saturated carbocycles. The Labute approximate surface area is 95.5 Å². The third kappa shape index (κ3) is 2.42. The standard InChI is InChI=1S/C11H15NO3S/c1-8-2-4-11(5-3-8)16(13,14)15-10-6-9(12)7-10/h2-5,9-10H,6-7,12H2,1H3. The largest absolute Gasteiger partial charge is 0.328 e. The van der Waals surface area contributed by atoms with Crippen LogP contribution < -0.4 is 5.73 Å². The smallest absolute Gasteiger partial charge is 0.297 e. The molecule has 0 saturated heterocycles. The first kappa shape index (κ1) is 11.6. The average molecular weight is 241 g/mol. The lowest BCUT2D eigenvalue weighted by molar-refractivity contribution is 0.108. The molecule has 0 unspecified atom stereocenters. The maximum absolute atomic E-state index is 11.8. The van der Waals surface area contributed by atoms with E-state index in [-0.39, 0.29) is 17.0 Å². The molecule has 1 aromatic rings. The van der Waals surface area contributed by atoms with Gasteiger partial charge < -0.3 is 5.73 Å². The molecule has 1 aliphatic carbocycles. The van der Waals surface area contributed by atoms with Gasteiger partial charge in [-0.25, -0.2) is 0 Å². The van der Waals surface area contributed by atoms with Crippen molar-refractivity contribution in [2.75, 3.05) is 0 Å². The molecule has 2 rings (SSSR count). The van der Waals surface area contributed by atoms with Crippen LogP contribution in [0.3, 0.4) is 0 Å². The summed E-state index contributed by atoms with van der Waals surface area (Å²) in [7, 11) is -3.62. The summed E-state index contributed by atoms with van der Waals surface area (Å²) < 4.78 is 28.6. The lowest BCUT2D eigenvalue weighted by Crippen LogP contribution is -2.42. The van der Waals surface area contributed by atoms with Crippen molar-refractivity contribution in [1.82, 2.24) is 0 Å². The van der Waals surface area contributed by atoms with Gasteiger partial charge in [-0.2, -0.15) is 8.42 Å². The van der Waals surface area contributed by atoms with Crippen molar-refractivity contribution in [3.63, 3.8) is 0 Å². The van der Waals surface area contributed by atoms with E-state index < -0.39 is 10.1 Å². The number of nitrogens with two attached hydrogens (primary N) is 1. The molecule has 1 aromatic carbocycles. The zero-order valence-corrected chi connectivity index (χ0v) is 9.91. The van der Waals surface area contributed by atoms with Crippen LogP contribution in [-0.4, -0.2) is 20.6 Å². The van der Waals surface area contributed by atoms with E-state index in [2.05, 4.69) is 0 Å². The molecule has 0 aromatic heterocycles. The van der Waals surface area contributed by atoms with Crippen molar-refractivity contribution in [3.8, 4) is 0 Å². The molecule has 0 heterocycles. The van der Waals surface area contributed by atoms with Gasteiger partial charge in [-0.15, -0.1) is 0 Å². The van der Waals surface area contributed by atoms with Crippen LogP contribution in [0.4, 0.5) is 0 Å². The second kappa shape index (κ2) is 4.16. The molecule has 4 nitrogen and oxygen atoms in total. The summed E-state index contributed by atoms with van der Waals surface area (Å²) in [5, 5.41) is 0. The predicted molar refractivity (Wildman–Crippen MR) is 60.4 cm³/mol. The second-order valence-electron chi connectivity index (χ2n) is 4.22. The van der Waals surface area contributed by atoms with Gasteiger partial charge in [0.2, 0.25) is 0 Å². The summed E-state index contributed by atoms with van der Waals surface area (Å²) in [5.74, 6) is 0. The third-order valence-electron chi connectivity index (χ3n) is 2.70. The van der Waals surface area contributed by atoms with Crippen LogP contribution in [0.5, 0.6) is 0 Å². The Hall–Kier alpha value is -0.910. The molecule has 0 radical (unpaired) electrons. The average Bonchev–Trinajstić information content (AvgIpc) is 2.15. The molecule has 2 N–H and O–H groups in total. The maximum Gasteiger partial charge on any atom is 0.297 e. The van der Waals surface area contributed by atoms with Gasteiger partial charge in [-0.1, -0.05) is 17.7 Å². The molecular weight excluding hydrogens is 226 g/mol. The fourth-order valence-electron chi connectivity index (χ4n) is 1.62. The van der Waals surface area contributed by atoms with Crippen molar-refractivity contribution in [2.24, 2.45) is 5.73 Å². The minimum absolute atomic E-state index is 0.0817. The molecule has 16 heavy (non-hydrogen) atoms. The Balaban J connectivity index is 2.10. The Kier molecular flexibility index (Phi) is 3.01. The Morgan fingerprint density at radius 2 is 1.81 bits per heavy atom. The molecule has 0 spiro atoms. The minimum Gasteiger partial charge on any atom is -0.328 e. The summed E-state index contributed by atoms with van der Waals surface area (Å²) in [5.41, 5.74) is 6.59. The molecule has 0 bridgehead atoms. The third-order valence-corrected chi connectivity index (χ3v) is 4.08. The molecule has 1 fully saturated rings. The van der Waals surface area contributed by atoms with Crippen LogP contribution in [0, 0.1) is 6.92 Å². The number of benzene rings is 1. The molecular formula is C11H15NO3S. The molecule has 0 aliphatic heterocycles. The van der Waals surface area contributed by atoms with E-state index in [4.69, 9.17) is 9.92 Å². The van der Waals surface area contributed by atoms with Gasteiger partial charge in [-0.3, -0.25) is 4.18 Å². The van der Waals surface area contributed by atoms with Crippen molar-refractivity contribution in [1.29, 1.82) is 0 Å². The van der Waals surface area contributed by atoms with Crippen LogP contribution in [0.25, 0.3) is 0 Å². The van der Waals surface area contributed by atoms with Crippen LogP contribution in [-0.2, 0) is 14.3 Å². The van der Waals surface area contributed by atoms with E-state index in [9.17, 15) is 8.42 Å². The van der Waals surface area contributed by atoms with E-state index in [1.807, 2.05) is 6.92 Å². The fourth-order valence-corrected chi connectivity index (χ4v) is 2.72. The van der Waals surface area contributed by atoms with Crippen molar-refractivity contribution in [2.45, 2.75) is 36.8 Å². The van der Waals surface area contributed by atoms with Gasteiger partial charge in [0, 0.05) is 6.04 Å². The minimum atomic E-state index is -3.62. The van der Waals surface area contributed by atoms with Gasteiger partial charge in [0.1, 0.15) is 0 Å². The molecule has 5 heteroatoms. The topological polar surface area (TPSA) is 69.4 Å². The van der Waals surface area contributed by atoms with Gasteiger partial charge in [0.05, 0.1) is 11.0 Å². The first-order valence-electron chi connectivity index (χ1n) is 5.23. The number of hydrogen-bond acceptors (Lipinski definition) is 4. The van der Waals surface area contributed by atoms with Crippen LogP contribution in [0.15, 0.2) is 29.2 Å². The molecule has 1 aliphatic rings. The first-order valence-corrected chi connectivity index (χ1v) is 6.64. The normalized spacial score (nSPS) is 25.1. The van der Waals surface area contributed by atoms with Gasteiger partial charge in [-0.05, 0) is 31.9 Å². The Morgan fingerprint density at radius 3 is 2.31 bits per heavy atom. The van der Waals surface area contributed by atoms with Gasteiger partial charge >= 0.3 is 0 Å². The Bertz CT molecular complexity index is 461. The number of hydrogen-bond donors (Lipinski definition) is 1. The van der Waals surface area contributed by atoms with Gasteiger partial charge in [0.15, 0.2) is 0 Å². The van der Waals surface area contributed by atoms with Crippen LogP contribution in [0.1, 0.15) is 18.4 Å². The molecule has 0 amide bonds. The summed E-state index contributed by atoms with van der Waals surface area (Å²) in [4.78, 5) is 0.207. The number of rotatable bonds is 3. The highest BCUT2D eigenvalue weighted by Crippen LogP contribution is 2.25. The highest BCUT2D eigenvalue weighted by atomic mass is 32.2. The van der Waals surface area contributed by atoms with E-state index in [0.29, 0.717) is 12.8 Å². The van der Waals surface area contributed by atoms with E-state index >= 15 is 0 Å². The van der Waals surface area contributed by atoms with E-state index in [1.165, 1.54) is 0 Å². The second-order valence-corrected chi connectivity index (χ2v) is 5.79. The zero-order valence-electron chi connectivity index (χ0n) is 9.09. The first-order chi connectivity index (χ1) is 7.47. The summed E-state index contributed by atoms with van der Waals surface area (Å²) in [6.07, 6.45) is 0.984. The van der Waals surface area contributed by atoms with E-state index in [0.717, 1.165) is 5.56 Å². The molecule has 88 valence electrons. The van der Waals surface area contributed by atoms with Crippen molar-refractivity contribution >= 4 is 10.1 Å². The fraction of sp³-hybridized carbons (Fsp3) is 0.455. The monoisotopic (exact) mass is 241 g/mol. The molecule has 0 atom stereocenters. The lowest BCUT2D eigenvalue weighted by Gasteiger charge is -2.31. The highest BCUT2D eigenvalue weighted by Gasteiger charge is 2.31. The maximum atomic E-state index is 11.8. The number of aryl methyl sites for hydroxylation is 1. The van der Waals surface area contributed by atoms with E-state index in [1.54, 1.807) is 24.3 Å². The summed E-state index contributed by atoms with van der Waals surface area (Å²) in [6, 6.07) is 6.70. The summed E-state index contributed by atoms with van der Waals surface area (Å²) >= 11 is 0. The zero-order chi connectivity index (χ0) is 11.8. The lowest BCUT2D eigenvalue weighted by atomic mass is 9.91. The predicted octanol–water partition coefficient (Wildman–Crippen LogP) is 1.19. The van der Waals surface area contributed by atoms with Gasteiger partial charge in [0.25, 0.3) is 10.1 Å². The van der Waals surface area contributed by atoms with Crippen LogP contribution in [0.2, 0.25) is 0 Å². The van der Waals surface area contributed by atoms with Crippen molar-refractivity contribution < 1.29 is 12.6 Å². The quantitative estimate of drug-likeness (QED) is 0.807.